The number of rotatable bonds is 8. The zero-order valence-electron chi connectivity index (χ0n) is 60.6. The molecule has 12 aromatic rings. The molecule has 488 valence electrons. The summed E-state index contributed by atoms with van der Waals surface area (Å²) >= 11 is 1.71. The molecular formula is C89H95N5OS. The number of anilines is 4. The maximum absolute atomic E-state index is 8.13. The number of aromatic nitrogens is 2. The monoisotopic (exact) mass is 1280 g/mol. The first kappa shape index (κ1) is 65.7. The predicted molar refractivity (Wildman–Crippen MR) is 413 cm³/mol. The van der Waals surface area contributed by atoms with Crippen molar-refractivity contribution in [2.45, 2.75) is 183 Å². The number of hydrogen-bond acceptors (Lipinski definition) is 5. The maximum Gasteiger partial charge on any atom is 0.204 e. The Morgan fingerprint density at radius 2 is 0.938 bits per heavy atom. The summed E-state index contributed by atoms with van der Waals surface area (Å²) in [5.74, 6) is 2.29. The summed E-state index contributed by atoms with van der Waals surface area (Å²) in [5.41, 5.74) is 22.5. The van der Waals surface area contributed by atoms with Gasteiger partial charge in [-0.1, -0.05) is 255 Å². The van der Waals surface area contributed by atoms with Gasteiger partial charge in [-0.25, -0.2) is 9.83 Å². The lowest BCUT2D eigenvalue weighted by Crippen LogP contribution is -2.25. The van der Waals surface area contributed by atoms with Crippen molar-refractivity contribution in [2.24, 2.45) is 0 Å². The van der Waals surface area contributed by atoms with Crippen LogP contribution in [0.25, 0.3) is 86.0 Å². The first-order chi connectivity index (χ1) is 44.9. The standard InChI is InChI=1S/C89H95N5OS/c1-83(2,3)57-40-41-91-77(50-57)94-75-39-38-68-67-30-26-33-72(90-22)81(67)96-82(68)79(75)69-37-36-63(52-76(69)94)95-64-47-56(78-70(88(16,17)18)31-27-32-71(78)89(19,20)21)46-62(51-64)92-53-93(74-35-24-23-34-73(74)92)80-65(54-42-58(84(4,5)6)48-59(43-54)85(7,8)9)28-25-29-66(80)55-44-60(86(10,11)12)49-61(45-55)87(13,14)15/h23-52H,53H2,1-21H3. The summed E-state index contributed by atoms with van der Waals surface area (Å²) in [7, 11) is 0. The number of hydrogen-bond donors (Lipinski definition) is 0. The quantitative estimate of drug-likeness (QED) is 0.142. The molecule has 7 heteroatoms. The topological polar surface area (TPSA) is 37.9 Å². The molecule has 0 atom stereocenters. The molecule has 0 spiro atoms. The van der Waals surface area contributed by atoms with Crippen molar-refractivity contribution in [3.05, 3.63) is 232 Å². The summed E-state index contributed by atoms with van der Waals surface area (Å²) in [5, 5.41) is 4.49. The number of pyridine rings is 1. The van der Waals surface area contributed by atoms with Crippen LogP contribution in [-0.4, -0.2) is 16.2 Å². The van der Waals surface area contributed by atoms with Crippen LogP contribution in [0.4, 0.5) is 28.4 Å². The van der Waals surface area contributed by atoms with Gasteiger partial charge in [-0.3, -0.25) is 4.57 Å². The highest BCUT2D eigenvalue weighted by molar-refractivity contribution is 7.27. The highest BCUT2D eigenvalue weighted by Crippen LogP contribution is 2.54. The van der Waals surface area contributed by atoms with Crippen LogP contribution in [0, 0.1) is 6.57 Å². The van der Waals surface area contributed by atoms with Crippen LogP contribution in [0.2, 0.25) is 0 Å². The van der Waals surface area contributed by atoms with Crippen molar-refractivity contribution in [1.29, 1.82) is 0 Å². The molecule has 1 aliphatic heterocycles. The molecule has 3 aromatic heterocycles. The average molecular weight is 1280 g/mol. The second kappa shape index (κ2) is 23.1. The lowest BCUT2D eigenvalue weighted by molar-refractivity contribution is 0.483. The van der Waals surface area contributed by atoms with E-state index in [-0.39, 0.29) is 37.9 Å². The first-order valence-electron chi connectivity index (χ1n) is 34.3. The minimum Gasteiger partial charge on any atom is -0.457 e. The van der Waals surface area contributed by atoms with Crippen molar-refractivity contribution >= 4 is 81.8 Å². The largest absolute Gasteiger partial charge is 0.457 e. The number of ether oxygens (including phenoxy) is 1. The van der Waals surface area contributed by atoms with Gasteiger partial charge in [0.15, 0.2) is 0 Å². The van der Waals surface area contributed by atoms with E-state index in [1.807, 2.05) is 18.3 Å². The highest BCUT2D eigenvalue weighted by atomic mass is 32.1. The van der Waals surface area contributed by atoms with Gasteiger partial charge in [0.25, 0.3) is 0 Å². The number of thiophene rings is 1. The molecule has 1 aliphatic rings. The van der Waals surface area contributed by atoms with Crippen LogP contribution in [0.1, 0.15) is 184 Å². The number of nitrogens with zero attached hydrogens (tertiary/aromatic N) is 5. The molecular weight excluding hydrogens is 1190 g/mol. The van der Waals surface area contributed by atoms with Gasteiger partial charge in [-0.15, -0.1) is 11.3 Å². The van der Waals surface area contributed by atoms with Gasteiger partial charge in [-0.2, -0.15) is 0 Å². The van der Waals surface area contributed by atoms with Crippen molar-refractivity contribution in [3.63, 3.8) is 0 Å². The zero-order valence-corrected chi connectivity index (χ0v) is 61.4. The van der Waals surface area contributed by atoms with E-state index >= 15 is 0 Å². The molecule has 0 radical (unpaired) electrons. The van der Waals surface area contributed by atoms with Crippen LogP contribution < -0.4 is 14.5 Å². The van der Waals surface area contributed by atoms with Gasteiger partial charge in [0, 0.05) is 55.3 Å². The molecule has 0 unspecified atom stereocenters. The van der Waals surface area contributed by atoms with Gasteiger partial charge in [0.2, 0.25) is 5.69 Å². The Hall–Kier alpha value is -8.96. The van der Waals surface area contributed by atoms with Crippen LogP contribution in [0.15, 0.2) is 182 Å². The highest BCUT2D eigenvalue weighted by Gasteiger charge is 2.35. The number of benzene rings is 9. The maximum atomic E-state index is 8.13. The molecule has 0 aliphatic carbocycles. The fourth-order valence-electron chi connectivity index (χ4n) is 14.1. The Labute approximate surface area is 575 Å². The fourth-order valence-corrected chi connectivity index (χ4v) is 15.5. The normalized spacial score (nSPS) is 13.6. The van der Waals surface area contributed by atoms with Gasteiger partial charge >= 0.3 is 0 Å². The summed E-state index contributed by atoms with van der Waals surface area (Å²) in [6.07, 6.45) is 1.94. The van der Waals surface area contributed by atoms with Crippen molar-refractivity contribution in [1.82, 2.24) is 9.55 Å². The predicted octanol–water partition coefficient (Wildman–Crippen LogP) is 26.2. The van der Waals surface area contributed by atoms with E-state index < -0.39 is 0 Å². The Balaban J connectivity index is 1.05. The minimum atomic E-state index is -0.187. The van der Waals surface area contributed by atoms with Gasteiger partial charge < -0.3 is 14.5 Å². The third-order valence-corrected chi connectivity index (χ3v) is 21.0. The smallest absolute Gasteiger partial charge is 0.204 e. The Kier molecular flexibility index (Phi) is 15.8. The zero-order chi connectivity index (χ0) is 68.7. The molecule has 6 nitrogen and oxygen atoms in total. The van der Waals surface area contributed by atoms with E-state index in [1.54, 1.807) is 11.3 Å². The third kappa shape index (κ3) is 12.0. The second-order valence-corrected chi connectivity index (χ2v) is 35.2. The minimum absolute atomic E-state index is 0.0899. The number of para-hydroxylation sites is 3. The second-order valence-electron chi connectivity index (χ2n) is 34.2. The Morgan fingerprint density at radius 1 is 0.417 bits per heavy atom. The first-order valence-corrected chi connectivity index (χ1v) is 35.1. The van der Waals surface area contributed by atoms with Crippen molar-refractivity contribution in [2.75, 3.05) is 16.5 Å². The molecule has 0 bridgehead atoms. The molecule has 96 heavy (non-hydrogen) atoms. The lowest BCUT2D eigenvalue weighted by Gasteiger charge is -2.31. The Morgan fingerprint density at radius 3 is 1.48 bits per heavy atom. The van der Waals surface area contributed by atoms with E-state index in [4.69, 9.17) is 16.3 Å². The van der Waals surface area contributed by atoms with Crippen molar-refractivity contribution < 1.29 is 4.74 Å². The molecule has 0 fully saturated rings. The average Bonchev–Trinajstić information content (AvgIpc) is 1.55. The van der Waals surface area contributed by atoms with Crippen LogP contribution in [0.5, 0.6) is 11.5 Å². The lowest BCUT2D eigenvalue weighted by atomic mass is 9.74. The van der Waals surface area contributed by atoms with Gasteiger partial charge in [0.05, 0.1) is 34.7 Å². The molecule has 0 saturated carbocycles. The Bertz CT molecular complexity index is 4940. The van der Waals surface area contributed by atoms with E-state index in [2.05, 4.69) is 328 Å². The van der Waals surface area contributed by atoms with Gasteiger partial charge in [-0.05, 0) is 164 Å². The molecule has 0 saturated heterocycles. The summed E-state index contributed by atoms with van der Waals surface area (Å²) in [6, 6.07) is 66.2. The molecule has 13 rings (SSSR count). The molecule has 0 N–H and O–H groups in total. The van der Waals surface area contributed by atoms with Crippen LogP contribution in [-0.2, 0) is 37.9 Å². The molecule has 9 aromatic carbocycles. The molecule has 4 heterocycles. The van der Waals surface area contributed by atoms with Crippen LogP contribution >= 0.6 is 11.3 Å². The summed E-state index contributed by atoms with van der Waals surface area (Å²) < 4.78 is 12.0. The van der Waals surface area contributed by atoms with E-state index in [0.717, 1.165) is 76.2 Å². The van der Waals surface area contributed by atoms with Crippen LogP contribution in [0.3, 0.4) is 0 Å². The number of fused-ring (bicyclic) bond motifs is 8. The summed E-state index contributed by atoms with van der Waals surface area (Å²) in [6.45, 7) is 57.5. The van der Waals surface area contributed by atoms with E-state index in [0.29, 0.717) is 18.1 Å². The molecule has 0 amide bonds. The summed E-state index contributed by atoms with van der Waals surface area (Å²) in [4.78, 5) is 14.2. The van der Waals surface area contributed by atoms with Crippen molar-refractivity contribution in [3.8, 4) is 50.7 Å². The van der Waals surface area contributed by atoms with Gasteiger partial charge in [0.1, 0.15) is 24.0 Å². The fraction of sp³-hybridized carbons (Fsp3) is 0.326. The van der Waals surface area contributed by atoms with E-state index in [9.17, 15) is 0 Å². The SMILES string of the molecule is [C-]#[N+]c1cccc2c1sc1c2ccc2c1c1ccc(Oc3cc(-c4c(C(C)(C)C)cccc4C(C)(C)C)cc(N4CN(c5c(-c6cc(C(C)(C)C)cc(C(C)(C)C)c6)cccc5-c5cc(C(C)(C)C)cc(C(C)(C)C)c5)c5ccccc54)c3)cc1n2-c1cc(C(C)(C)C)ccn1. The van der Waals surface area contributed by atoms with E-state index in [1.165, 1.54) is 72.4 Å². The third-order valence-electron chi connectivity index (χ3n) is 19.7.